The average Bonchev–Trinajstić information content (AvgIpc) is 3.18. The lowest BCUT2D eigenvalue weighted by molar-refractivity contribution is 0.102. The largest absolute Gasteiger partial charge is 0.493 e. The maximum absolute atomic E-state index is 12.5. The predicted molar refractivity (Wildman–Crippen MR) is 106 cm³/mol. The minimum atomic E-state index is -0.272. The van der Waals surface area contributed by atoms with Crippen LogP contribution >= 0.6 is 0 Å². The van der Waals surface area contributed by atoms with E-state index in [2.05, 4.69) is 10.4 Å². The number of carbonyl (C=O) groups excluding carboxylic acids is 1. The van der Waals surface area contributed by atoms with Crippen molar-refractivity contribution in [3.63, 3.8) is 0 Å². The summed E-state index contributed by atoms with van der Waals surface area (Å²) in [6, 6.07) is 12.9. The molecule has 7 nitrogen and oxygen atoms in total. The summed E-state index contributed by atoms with van der Waals surface area (Å²) in [6.07, 6.45) is 1.68. The Morgan fingerprint density at radius 3 is 2.21 bits per heavy atom. The minimum Gasteiger partial charge on any atom is -0.493 e. The van der Waals surface area contributed by atoms with E-state index < -0.39 is 0 Å². The van der Waals surface area contributed by atoms with Gasteiger partial charge in [-0.2, -0.15) is 5.10 Å². The lowest BCUT2D eigenvalue weighted by Crippen LogP contribution is -2.15. The first kappa shape index (κ1) is 19.3. The summed E-state index contributed by atoms with van der Waals surface area (Å²) < 4.78 is 18.0. The Morgan fingerprint density at radius 2 is 1.61 bits per heavy atom. The van der Waals surface area contributed by atoms with E-state index in [1.165, 1.54) is 4.68 Å². The van der Waals surface area contributed by atoms with Crippen molar-refractivity contribution in [1.82, 2.24) is 9.78 Å². The molecule has 0 aliphatic rings. The number of carbonyl (C=O) groups is 1. The van der Waals surface area contributed by atoms with Crippen LogP contribution in [0.15, 0.2) is 48.7 Å². The summed E-state index contributed by atoms with van der Waals surface area (Å²) in [5.74, 6) is 1.31. The molecule has 28 heavy (non-hydrogen) atoms. The molecule has 0 aliphatic carbocycles. The van der Waals surface area contributed by atoms with E-state index in [-0.39, 0.29) is 12.6 Å². The van der Waals surface area contributed by atoms with Crippen LogP contribution in [-0.2, 0) is 6.73 Å². The number of amides is 1. The minimum absolute atomic E-state index is 0.105. The van der Waals surface area contributed by atoms with Crippen LogP contribution in [-0.4, -0.2) is 29.9 Å². The Balaban J connectivity index is 1.70. The van der Waals surface area contributed by atoms with Crippen molar-refractivity contribution in [3.8, 4) is 17.2 Å². The Kier molecular flexibility index (Phi) is 5.84. The zero-order valence-electron chi connectivity index (χ0n) is 16.4. The third kappa shape index (κ3) is 4.09. The highest BCUT2D eigenvalue weighted by molar-refractivity contribution is 6.03. The number of nitrogens with zero attached hydrogens (tertiary/aromatic N) is 2. The van der Waals surface area contributed by atoms with Gasteiger partial charge in [-0.05, 0) is 43.2 Å². The predicted octanol–water partition coefficient (Wildman–Crippen LogP) is 3.81. The SMILES string of the molecule is COc1cccc(OC)c1OCn1ccc(C(=O)Nc2c(C)cccc2C)n1. The molecule has 0 spiro atoms. The first-order valence-electron chi connectivity index (χ1n) is 8.78. The van der Waals surface area contributed by atoms with Gasteiger partial charge in [0.2, 0.25) is 5.75 Å². The van der Waals surface area contributed by atoms with E-state index >= 15 is 0 Å². The van der Waals surface area contributed by atoms with Crippen molar-refractivity contribution in [3.05, 3.63) is 65.5 Å². The summed E-state index contributed by atoms with van der Waals surface area (Å²) >= 11 is 0. The Hall–Kier alpha value is -3.48. The first-order valence-corrected chi connectivity index (χ1v) is 8.78. The highest BCUT2D eigenvalue weighted by Crippen LogP contribution is 2.36. The second-order valence-electron chi connectivity index (χ2n) is 6.23. The van der Waals surface area contributed by atoms with Gasteiger partial charge in [-0.3, -0.25) is 4.79 Å². The van der Waals surface area contributed by atoms with Crippen LogP contribution in [0.5, 0.6) is 17.2 Å². The molecule has 1 amide bonds. The quantitative estimate of drug-likeness (QED) is 0.674. The molecule has 0 radical (unpaired) electrons. The number of aryl methyl sites for hydroxylation is 2. The maximum atomic E-state index is 12.5. The van der Waals surface area contributed by atoms with E-state index in [1.54, 1.807) is 38.6 Å². The van der Waals surface area contributed by atoms with Gasteiger partial charge in [0.05, 0.1) is 14.2 Å². The number of para-hydroxylation sites is 2. The summed E-state index contributed by atoms with van der Waals surface area (Å²) in [7, 11) is 3.12. The number of aromatic nitrogens is 2. The van der Waals surface area contributed by atoms with Crippen molar-refractivity contribution in [1.29, 1.82) is 0 Å². The number of ether oxygens (including phenoxy) is 3. The number of anilines is 1. The average molecular weight is 381 g/mol. The Morgan fingerprint density at radius 1 is 1.00 bits per heavy atom. The Bertz CT molecular complexity index is 939. The van der Waals surface area contributed by atoms with Crippen LogP contribution in [0.25, 0.3) is 0 Å². The number of nitrogens with one attached hydrogen (secondary N) is 1. The van der Waals surface area contributed by atoms with Crippen molar-refractivity contribution in [2.45, 2.75) is 20.6 Å². The van der Waals surface area contributed by atoms with Gasteiger partial charge < -0.3 is 19.5 Å². The first-order chi connectivity index (χ1) is 13.5. The molecule has 0 atom stereocenters. The van der Waals surface area contributed by atoms with Crippen molar-refractivity contribution >= 4 is 11.6 Å². The van der Waals surface area contributed by atoms with Crippen LogP contribution < -0.4 is 19.5 Å². The van der Waals surface area contributed by atoms with Crippen LogP contribution in [0, 0.1) is 13.8 Å². The van der Waals surface area contributed by atoms with E-state index in [0.717, 1.165) is 16.8 Å². The van der Waals surface area contributed by atoms with Crippen LogP contribution in [0.3, 0.4) is 0 Å². The second kappa shape index (κ2) is 8.47. The molecule has 0 saturated heterocycles. The number of hydrogen-bond donors (Lipinski definition) is 1. The van der Waals surface area contributed by atoms with Crippen molar-refractivity contribution in [2.75, 3.05) is 19.5 Å². The standard InChI is InChI=1S/C21H23N3O4/c1-14-7-5-8-15(2)19(14)22-21(25)16-11-12-24(23-16)13-28-20-17(26-3)9-6-10-18(20)27-4/h5-12H,13H2,1-4H3,(H,22,25). The third-order valence-corrected chi connectivity index (χ3v) is 4.32. The number of benzene rings is 2. The van der Waals surface area contributed by atoms with Crippen LogP contribution in [0.2, 0.25) is 0 Å². The fraction of sp³-hybridized carbons (Fsp3) is 0.238. The Labute approximate surface area is 163 Å². The van der Waals surface area contributed by atoms with Gasteiger partial charge in [-0.1, -0.05) is 24.3 Å². The summed E-state index contributed by atoms with van der Waals surface area (Å²) in [5.41, 5.74) is 3.11. The molecule has 146 valence electrons. The van der Waals surface area contributed by atoms with E-state index in [0.29, 0.717) is 22.9 Å². The molecule has 0 saturated carbocycles. The molecule has 0 bridgehead atoms. The molecule has 7 heteroatoms. The highest BCUT2D eigenvalue weighted by atomic mass is 16.5. The van der Waals surface area contributed by atoms with Crippen molar-refractivity contribution in [2.24, 2.45) is 0 Å². The fourth-order valence-corrected chi connectivity index (χ4v) is 2.83. The van der Waals surface area contributed by atoms with Crippen LogP contribution in [0.1, 0.15) is 21.6 Å². The number of rotatable bonds is 7. The van der Waals surface area contributed by atoms with Gasteiger partial charge in [0.1, 0.15) is 0 Å². The van der Waals surface area contributed by atoms with E-state index in [9.17, 15) is 4.79 Å². The second-order valence-corrected chi connectivity index (χ2v) is 6.23. The molecule has 2 aromatic carbocycles. The molecule has 0 fully saturated rings. The molecule has 3 aromatic rings. The van der Waals surface area contributed by atoms with Gasteiger partial charge in [0.15, 0.2) is 23.9 Å². The lowest BCUT2D eigenvalue weighted by Gasteiger charge is -2.14. The van der Waals surface area contributed by atoms with Crippen molar-refractivity contribution < 1.29 is 19.0 Å². The summed E-state index contributed by atoms with van der Waals surface area (Å²) in [6.45, 7) is 4.01. The monoisotopic (exact) mass is 381 g/mol. The summed E-state index contributed by atoms with van der Waals surface area (Å²) in [5, 5.41) is 7.21. The highest BCUT2D eigenvalue weighted by Gasteiger charge is 2.14. The number of methoxy groups -OCH3 is 2. The molecular formula is C21H23N3O4. The molecule has 1 aromatic heterocycles. The summed E-state index contributed by atoms with van der Waals surface area (Å²) in [4.78, 5) is 12.5. The van der Waals surface area contributed by atoms with E-state index in [4.69, 9.17) is 14.2 Å². The van der Waals surface area contributed by atoms with Gasteiger partial charge in [0.25, 0.3) is 5.91 Å². The van der Waals surface area contributed by atoms with Gasteiger partial charge in [-0.15, -0.1) is 0 Å². The third-order valence-electron chi connectivity index (χ3n) is 4.32. The van der Waals surface area contributed by atoms with Gasteiger partial charge in [-0.25, -0.2) is 4.68 Å². The van der Waals surface area contributed by atoms with E-state index in [1.807, 2.05) is 38.1 Å². The molecule has 0 unspecified atom stereocenters. The molecule has 3 rings (SSSR count). The van der Waals surface area contributed by atoms with Crippen LogP contribution in [0.4, 0.5) is 5.69 Å². The maximum Gasteiger partial charge on any atom is 0.276 e. The molecule has 1 heterocycles. The molecule has 0 aliphatic heterocycles. The lowest BCUT2D eigenvalue weighted by atomic mass is 10.1. The van der Waals surface area contributed by atoms with Gasteiger partial charge >= 0.3 is 0 Å². The zero-order valence-corrected chi connectivity index (χ0v) is 16.4. The normalized spacial score (nSPS) is 10.4. The van der Waals surface area contributed by atoms with Gasteiger partial charge in [0, 0.05) is 11.9 Å². The topological polar surface area (TPSA) is 74.6 Å². The smallest absolute Gasteiger partial charge is 0.276 e. The zero-order chi connectivity index (χ0) is 20.1. The molecule has 1 N–H and O–H groups in total. The molecular weight excluding hydrogens is 358 g/mol. The number of hydrogen-bond acceptors (Lipinski definition) is 5. The fourth-order valence-electron chi connectivity index (χ4n) is 2.83.